The Bertz CT molecular complexity index is 630. The van der Waals surface area contributed by atoms with Gasteiger partial charge in [0.05, 0.1) is 6.61 Å². The Morgan fingerprint density at radius 1 is 1.40 bits per heavy atom. The lowest BCUT2D eigenvalue weighted by atomic mass is 9.95. The monoisotopic (exact) mass is 347 g/mol. The number of terminal acetylenes is 1. The van der Waals surface area contributed by atoms with Gasteiger partial charge in [-0.1, -0.05) is 36.3 Å². The van der Waals surface area contributed by atoms with Crippen molar-refractivity contribution in [2.75, 3.05) is 13.2 Å². The van der Waals surface area contributed by atoms with Crippen LogP contribution in [0, 0.1) is 12.3 Å². The first-order valence-electron chi connectivity index (χ1n) is 8.08. The molecule has 1 aromatic rings. The number of aliphatic hydroxyl groups is 1. The molecule has 0 aromatic heterocycles. The van der Waals surface area contributed by atoms with E-state index >= 15 is 0 Å². The quantitative estimate of drug-likeness (QED) is 0.764. The Morgan fingerprint density at radius 3 is 2.84 bits per heavy atom. The van der Waals surface area contributed by atoms with Gasteiger partial charge >= 0.3 is 0 Å². The van der Waals surface area contributed by atoms with Gasteiger partial charge in [-0.25, -0.2) is 0 Å². The second kappa shape index (κ2) is 7.95. The molecule has 1 amide bonds. The minimum atomic E-state index is -1.03. The number of carbonyl (C=O) groups is 1. The van der Waals surface area contributed by atoms with E-state index in [9.17, 15) is 9.90 Å². The van der Waals surface area contributed by atoms with Crippen molar-refractivity contribution in [2.45, 2.75) is 43.9 Å². The zero-order chi connectivity index (χ0) is 17.8. The predicted molar refractivity (Wildman–Crippen MR) is 87.1 cm³/mol. The molecule has 6 atom stereocenters. The molecule has 7 nitrogen and oxygen atoms in total. The zero-order valence-corrected chi connectivity index (χ0v) is 13.8. The van der Waals surface area contributed by atoms with E-state index in [0.717, 1.165) is 5.56 Å². The second-order valence-corrected chi connectivity index (χ2v) is 5.95. The Kier molecular flexibility index (Phi) is 5.68. The van der Waals surface area contributed by atoms with E-state index < -0.39 is 36.9 Å². The van der Waals surface area contributed by atoms with E-state index in [1.54, 1.807) is 0 Å². The highest BCUT2D eigenvalue weighted by molar-refractivity contribution is 5.73. The molecule has 2 saturated heterocycles. The molecular formula is C18H21NO6. The van der Waals surface area contributed by atoms with E-state index in [4.69, 9.17) is 25.4 Å². The SMILES string of the molecule is C#CCO[C@@H]1O[C@@H]2CO[C@H](c3ccccc3)O[C@H]2[C@@H](O)[C@@H]1NC(C)=O. The van der Waals surface area contributed by atoms with Crippen LogP contribution in [0.15, 0.2) is 30.3 Å². The van der Waals surface area contributed by atoms with Gasteiger partial charge in [-0.15, -0.1) is 6.42 Å². The fraction of sp³-hybridized carbons (Fsp3) is 0.500. The van der Waals surface area contributed by atoms with Gasteiger partial charge < -0.3 is 29.4 Å². The number of benzene rings is 1. The Balaban J connectivity index is 1.75. The van der Waals surface area contributed by atoms with Crippen LogP contribution in [0.4, 0.5) is 0 Å². The van der Waals surface area contributed by atoms with Gasteiger partial charge in [-0.05, 0) is 0 Å². The molecule has 1 aromatic carbocycles. The average molecular weight is 347 g/mol. The minimum absolute atomic E-state index is 0.000781. The number of rotatable bonds is 4. The van der Waals surface area contributed by atoms with E-state index in [0.29, 0.717) is 0 Å². The zero-order valence-electron chi connectivity index (χ0n) is 13.8. The molecule has 2 fully saturated rings. The lowest BCUT2D eigenvalue weighted by Gasteiger charge is -2.47. The molecule has 2 N–H and O–H groups in total. The normalized spacial score (nSPS) is 34.6. The van der Waals surface area contributed by atoms with Gasteiger partial charge in [0.2, 0.25) is 5.91 Å². The number of carbonyl (C=O) groups excluding carboxylic acids is 1. The van der Waals surface area contributed by atoms with Crippen molar-refractivity contribution < 1.29 is 28.8 Å². The molecule has 0 bridgehead atoms. The van der Waals surface area contributed by atoms with Gasteiger partial charge in [-0.3, -0.25) is 4.79 Å². The maximum absolute atomic E-state index is 11.5. The molecule has 25 heavy (non-hydrogen) atoms. The highest BCUT2D eigenvalue weighted by atomic mass is 16.7. The lowest BCUT2D eigenvalue weighted by Crippen LogP contribution is -2.66. The second-order valence-electron chi connectivity index (χ2n) is 5.95. The molecule has 0 saturated carbocycles. The van der Waals surface area contributed by atoms with Crippen LogP contribution in [0.2, 0.25) is 0 Å². The van der Waals surface area contributed by atoms with Crippen LogP contribution in [0.5, 0.6) is 0 Å². The summed E-state index contributed by atoms with van der Waals surface area (Å²) >= 11 is 0. The number of fused-ring (bicyclic) bond motifs is 1. The van der Waals surface area contributed by atoms with Crippen molar-refractivity contribution in [3.05, 3.63) is 35.9 Å². The average Bonchev–Trinajstić information content (AvgIpc) is 2.63. The molecule has 134 valence electrons. The summed E-state index contributed by atoms with van der Waals surface area (Å²) in [4.78, 5) is 11.5. The molecule has 0 unspecified atom stereocenters. The summed E-state index contributed by atoms with van der Waals surface area (Å²) in [6.45, 7) is 1.58. The van der Waals surface area contributed by atoms with Crippen molar-refractivity contribution >= 4 is 5.91 Å². The van der Waals surface area contributed by atoms with E-state index in [2.05, 4.69) is 11.2 Å². The first-order valence-corrected chi connectivity index (χ1v) is 8.08. The summed E-state index contributed by atoms with van der Waals surface area (Å²) in [7, 11) is 0. The smallest absolute Gasteiger partial charge is 0.217 e. The number of hydrogen-bond acceptors (Lipinski definition) is 6. The van der Waals surface area contributed by atoms with Gasteiger partial charge in [0, 0.05) is 12.5 Å². The first-order chi connectivity index (χ1) is 12.1. The van der Waals surface area contributed by atoms with Crippen LogP contribution >= 0.6 is 0 Å². The van der Waals surface area contributed by atoms with Gasteiger partial charge in [0.15, 0.2) is 12.6 Å². The maximum Gasteiger partial charge on any atom is 0.217 e. The van der Waals surface area contributed by atoms with Gasteiger partial charge in [-0.2, -0.15) is 0 Å². The fourth-order valence-electron chi connectivity index (χ4n) is 3.03. The number of hydrogen-bond donors (Lipinski definition) is 2. The standard InChI is InChI=1S/C18H21NO6/c1-3-9-22-18-14(19-11(2)20)15(21)16-13(24-18)10-23-17(25-16)12-7-5-4-6-8-12/h1,4-8,13-18,21H,9-10H2,2H3,(H,19,20)/t13-,14+,15+,16-,17+,18-/m1/s1. The van der Waals surface area contributed by atoms with E-state index in [1.807, 2.05) is 30.3 Å². The maximum atomic E-state index is 11.5. The largest absolute Gasteiger partial charge is 0.388 e. The molecule has 2 heterocycles. The van der Waals surface area contributed by atoms with Gasteiger partial charge in [0.1, 0.15) is 31.0 Å². The van der Waals surface area contributed by atoms with Crippen molar-refractivity contribution in [1.82, 2.24) is 5.32 Å². The van der Waals surface area contributed by atoms with E-state index in [1.165, 1.54) is 6.92 Å². The van der Waals surface area contributed by atoms with Crippen LogP contribution in [-0.2, 0) is 23.7 Å². The molecule has 2 aliphatic heterocycles. The third-order valence-electron chi connectivity index (χ3n) is 4.14. The third kappa shape index (κ3) is 4.00. The minimum Gasteiger partial charge on any atom is -0.388 e. The fourth-order valence-corrected chi connectivity index (χ4v) is 3.03. The predicted octanol–water partition coefficient (Wildman–Crippen LogP) is 0.341. The van der Waals surface area contributed by atoms with Crippen molar-refractivity contribution in [1.29, 1.82) is 0 Å². The number of amides is 1. The summed E-state index contributed by atoms with van der Waals surface area (Å²) < 4.78 is 22.9. The van der Waals surface area contributed by atoms with Crippen molar-refractivity contribution in [3.63, 3.8) is 0 Å². The number of nitrogens with one attached hydrogen (secondary N) is 1. The van der Waals surface area contributed by atoms with Crippen LogP contribution in [-0.4, -0.2) is 54.9 Å². The molecule has 0 spiro atoms. The Labute approximate surface area is 146 Å². The van der Waals surface area contributed by atoms with E-state index in [-0.39, 0.29) is 19.1 Å². The molecule has 7 heteroatoms. The summed E-state index contributed by atoms with van der Waals surface area (Å²) in [6, 6.07) is 8.63. The third-order valence-corrected chi connectivity index (χ3v) is 4.14. The van der Waals surface area contributed by atoms with Crippen LogP contribution in [0.3, 0.4) is 0 Å². The number of ether oxygens (including phenoxy) is 4. The van der Waals surface area contributed by atoms with Crippen molar-refractivity contribution in [2.24, 2.45) is 0 Å². The Hall–Kier alpha value is -1.95. The highest BCUT2D eigenvalue weighted by Gasteiger charge is 2.50. The molecular weight excluding hydrogens is 326 g/mol. The summed E-state index contributed by atoms with van der Waals surface area (Å²) in [5.74, 6) is 2.03. The summed E-state index contributed by atoms with van der Waals surface area (Å²) in [5, 5.41) is 13.4. The number of aliphatic hydroxyl groups excluding tert-OH is 1. The topological polar surface area (TPSA) is 86.2 Å². The van der Waals surface area contributed by atoms with Crippen LogP contribution in [0.25, 0.3) is 0 Å². The van der Waals surface area contributed by atoms with Crippen LogP contribution < -0.4 is 5.32 Å². The van der Waals surface area contributed by atoms with Crippen molar-refractivity contribution in [3.8, 4) is 12.3 Å². The van der Waals surface area contributed by atoms with Gasteiger partial charge in [0.25, 0.3) is 0 Å². The molecule has 3 rings (SSSR count). The highest BCUT2D eigenvalue weighted by Crippen LogP contribution is 2.34. The molecule has 0 radical (unpaired) electrons. The molecule has 2 aliphatic rings. The first kappa shape index (κ1) is 17.9. The molecule has 0 aliphatic carbocycles. The Morgan fingerprint density at radius 2 is 2.16 bits per heavy atom. The summed E-state index contributed by atoms with van der Waals surface area (Å²) in [6.07, 6.45) is 1.51. The lowest BCUT2D eigenvalue weighted by molar-refractivity contribution is -0.342. The summed E-state index contributed by atoms with van der Waals surface area (Å²) in [5.41, 5.74) is 0.843. The van der Waals surface area contributed by atoms with Crippen LogP contribution in [0.1, 0.15) is 18.8 Å².